The van der Waals surface area contributed by atoms with E-state index in [0.717, 1.165) is 24.2 Å². The van der Waals surface area contributed by atoms with Crippen LogP contribution in [0.5, 0.6) is 0 Å². The molecule has 0 aliphatic heterocycles. The Bertz CT molecular complexity index is 522. The lowest BCUT2D eigenvalue weighted by molar-refractivity contribution is 0.143. The van der Waals surface area contributed by atoms with Gasteiger partial charge in [-0.3, -0.25) is 0 Å². The molecular weight excluding hydrogens is 240 g/mol. The van der Waals surface area contributed by atoms with E-state index in [2.05, 4.69) is 36.8 Å². The predicted octanol–water partition coefficient (Wildman–Crippen LogP) is 2.52. The van der Waals surface area contributed by atoms with Crippen molar-refractivity contribution in [2.24, 2.45) is 11.8 Å². The van der Waals surface area contributed by atoms with Crippen LogP contribution in [0.15, 0.2) is 29.0 Å². The minimum absolute atomic E-state index is 0.239. The summed E-state index contributed by atoms with van der Waals surface area (Å²) in [6.45, 7) is 6.27. The topological polar surface area (TPSA) is 49.5 Å². The molecule has 1 aromatic carbocycles. The molecule has 0 spiro atoms. The summed E-state index contributed by atoms with van der Waals surface area (Å²) in [6, 6.07) is 6.08. The Balaban J connectivity index is 1.99. The molecule has 0 aliphatic rings. The number of hydrogen-bond donors (Lipinski definition) is 1. The minimum atomic E-state index is 0.239. The standard InChI is InChI=1S/C15H22N2O2/c1-11(2)13(9-18)8-17(3)7-12-4-5-14-15(6-12)19-10-16-14/h4-6,10-11,13,18H,7-9H2,1-3H3. The molecule has 0 aliphatic carbocycles. The van der Waals surface area contributed by atoms with E-state index in [4.69, 9.17) is 4.42 Å². The SMILES string of the molecule is CC(C)C(CO)CN(C)Cc1ccc2ncoc2c1. The van der Waals surface area contributed by atoms with E-state index in [1.807, 2.05) is 12.1 Å². The molecule has 104 valence electrons. The van der Waals surface area contributed by atoms with Crippen LogP contribution in [0.25, 0.3) is 11.1 Å². The second kappa shape index (κ2) is 6.17. The molecule has 0 saturated heterocycles. The van der Waals surface area contributed by atoms with E-state index in [1.165, 1.54) is 12.0 Å². The zero-order valence-electron chi connectivity index (χ0n) is 11.8. The third-order valence-corrected chi connectivity index (χ3v) is 3.57. The summed E-state index contributed by atoms with van der Waals surface area (Å²) < 4.78 is 5.31. The highest BCUT2D eigenvalue weighted by Crippen LogP contribution is 2.17. The zero-order valence-corrected chi connectivity index (χ0v) is 11.8. The summed E-state index contributed by atoms with van der Waals surface area (Å²) in [5.74, 6) is 0.809. The van der Waals surface area contributed by atoms with Gasteiger partial charge in [0.25, 0.3) is 0 Å². The molecule has 0 fully saturated rings. The van der Waals surface area contributed by atoms with E-state index < -0.39 is 0 Å². The van der Waals surface area contributed by atoms with Gasteiger partial charge in [-0.05, 0) is 36.6 Å². The molecule has 0 bridgehead atoms. The number of benzene rings is 1. The number of nitrogens with zero attached hydrogens (tertiary/aromatic N) is 2. The van der Waals surface area contributed by atoms with Crippen LogP contribution in [0.2, 0.25) is 0 Å². The van der Waals surface area contributed by atoms with E-state index in [1.54, 1.807) is 0 Å². The van der Waals surface area contributed by atoms with E-state index in [-0.39, 0.29) is 6.61 Å². The minimum Gasteiger partial charge on any atom is -0.443 e. The fourth-order valence-corrected chi connectivity index (χ4v) is 2.25. The molecule has 0 saturated carbocycles. The molecule has 4 heteroatoms. The average molecular weight is 262 g/mol. The Morgan fingerprint density at radius 1 is 1.37 bits per heavy atom. The van der Waals surface area contributed by atoms with Gasteiger partial charge in [-0.15, -0.1) is 0 Å². The van der Waals surface area contributed by atoms with Crippen molar-refractivity contribution in [1.82, 2.24) is 9.88 Å². The van der Waals surface area contributed by atoms with Gasteiger partial charge in [0.2, 0.25) is 0 Å². The van der Waals surface area contributed by atoms with Gasteiger partial charge in [0.1, 0.15) is 5.52 Å². The molecular formula is C15H22N2O2. The van der Waals surface area contributed by atoms with Crippen LogP contribution in [-0.4, -0.2) is 35.2 Å². The van der Waals surface area contributed by atoms with Crippen LogP contribution in [0.3, 0.4) is 0 Å². The van der Waals surface area contributed by atoms with Crippen molar-refractivity contribution in [3.8, 4) is 0 Å². The van der Waals surface area contributed by atoms with E-state index >= 15 is 0 Å². The molecule has 2 aromatic rings. The number of aromatic nitrogens is 1. The molecule has 1 unspecified atom stereocenters. The second-order valence-corrected chi connectivity index (χ2v) is 5.54. The van der Waals surface area contributed by atoms with Crippen molar-refractivity contribution in [2.75, 3.05) is 20.2 Å². The zero-order chi connectivity index (χ0) is 13.8. The Kier molecular flexibility index (Phi) is 4.56. The molecule has 1 aromatic heterocycles. The summed E-state index contributed by atoms with van der Waals surface area (Å²) in [5, 5.41) is 9.38. The maximum absolute atomic E-state index is 9.38. The number of aliphatic hydroxyl groups is 1. The van der Waals surface area contributed by atoms with Gasteiger partial charge < -0.3 is 14.4 Å². The third kappa shape index (κ3) is 3.55. The number of hydrogen-bond acceptors (Lipinski definition) is 4. The van der Waals surface area contributed by atoms with Gasteiger partial charge in [0, 0.05) is 19.7 Å². The first kappa shape index (κ1) is 14.0. The van der Waals surface area contributed by atoms with Gasteiger partial charge >= 0.3 is 0 Å². The smallest absolute Gasteiger partial charge is 0.181 e. The molecule has 1 heterocycles. The van der Waals surface area contributed by atoms with Gasteiger partial charge in [0.15, 0.2) is 12.0 Å². The summed E-state index contributed by atoms with van der Waals surface area (Å²) in [5.41, 5.74) is 2.92. The monoisotopic (exact) mass is 262 g/mol. The summed E-state index contributed by atoms with van der Waals surface area (Å²) >= 11 is 0. The summed E-state index contributed by atoms with van der Waals surface area (Å²) in [7, 11) is 2.08. The number of oxazole rings is 1. The molecule has 0 amide bonds. The van der Waals surface area contributed by atoms with Gasteiger partial charge in [-0.25, -0.2) is 4.98 Å². The highest BCUT2D eigenvalue weighted by atomic mass is 16.3. The van der Waals surface area contributed by atoms with Gasteiger partial charge in [-0.2, -0.15) is 0 Å². The fraction of sp³-hybridized carbons (Fsp3) is 0.533. The average Bonchev–Trinajstić information content (AvgIpc) is 2.82. The summed E-state index contributed by atoms with van der Waals surface area (Å²) in [6.07, 6.45) is 1.47. The van der Waals surface area contributed by atoms with Crippen molar-refractivity contribution < 1.29 is 9.52 Å². The van der Waals surface area contributed by atoms with Crippen LogP contribution in [0, 0.1) is 11.8 Å². The number of fused-ring (bicyclic) bond motifs is 1. The normalized spacial score (nSPS) is 13.6. The first-order valence-electron chi connectivity index (χ1n) is 6.71. The van der Waals surface area contributed by atoms with Gasteiger partial charge in [0.05, 0.1) is 0 Å². The van der Waals surface area contributed by atoms with E-state index in [0.29, 0.717) is 11.8 Å². The van der Waals surface area contributed by atoms with Crippen LogP contribution in [-0.2, 0) is 6.54 Å². The van der Waals surface area contributed by atoms with Crippen LogP contribution < -0.4 is 0 Å². The maximum atomic E-state index is 9.38. The third-order valence-electron chi connectivity index (χ3n) is 3.57. The van der Waals surface area contributed by atoms with Crippen molar-refractivity contribution in [2.45, 2.75) is 20.4 Å². The molecule has 0 radical (unpaired) electrons. The highest BCUT2D eigenvalue weighted by molar-refractivity contribution is 5.72. The number of aliphatic hydroxyl groups excluding tert-OH is 1. The van der Waals surface area contributed by atoms with Crippen molar-refractivity contribution in [3.05, 3.63) is 30.2 Å². The van der Waals surface area contributed by atoms with Crippen molar-refractivity contribution >= 4 is 11.1 Å². The second-order valence-electron chi connectivity index (χ2n) is 5.54. The Morgan fingerprint density at radius 2 is 2.16 bits per heavy atom. The van der Waals surface area contributed by atoms with Crippen molar-refractivity contribution in [3.63, 3.8) is 0 Å². The lowest BCUT2D eigenvalue weighted by Gasteiger charge is -2.25. The van der Waals surface area contributed by atoms with Gasteiger partial charge in [-0.1, -0.05) is 19.9 Å². The molecule has 1 N–H and O–H groups in total. The predicted molar refractivity (Wildman–Crippen MR) is 75.8 cm³/mol. The van der Waals surface area contributed by atoms with E-state index in [9.17, 15) is 5.11 Å². The number of rotatable bonds is 6. The molecule has 1 atom stereocenters. The van der Waals surface area contributed by atoms with Crippen LogP contribution >= 0.6 is 0 Å². The largest absolute Gasteiger partial charge is 0.443 e. The quantitative estimate of drug-likeness (QED) is 0.869. The van der Waals surface area contributed by atoms with Crippen LogP contribution in [0.1, 0.15) is 19.4 Å². The first-order valence-corrected chi connectivity index (χ1v) is 6.71. The van der Waals surface area contributed by atoms with Crippen LogP contribution in [0.4, 0.5) is 0 Å². The summed E-state index contributed by atoms with van der Waals surface area (Å²) in [4.78, 5) is 6.35. The lowest BCUT2D eigenvalue weighted by Crippen LogP contribution is -2.30. The molecule has 4 nitrogen and oxygen atoms in total. The molecule has 19 heavy (non-hydrogen) atoms. The molecule has 2 rings (SSSR count). The van der Waals surface area contributed by atoms with Crippen molar-refractivity contribution in [1.29, 1.82) is 0 Å². The fourth-order valence-electron chi connectivity index (χ4n) is 2.25. The lowest BCUT2D eigenvalue weighted by atomic mass is 9.96. The Morgan fingerprint density at radius 3 is 2.84 bits per heavy atom. The first-order chi connectivity index (χ1) is 9.10. The Labute approximate surface area is 114 Å². The highest BCUT2D eigenvalue weighted by Gasteiger charge is 2.15. The Hall–Kier alpha value is -1.39. The maximum Gasteiger partial charge on any atom is 0.181 e.